The quantitative estimate of drug-likeness (QED) is 0.770. The summed E-state index contributed by atoms with van der Waals surface area (Å²) < 4.78 is 0. The minimum absolute atomic E-state index is 0.351. The summed E-state index contributed by atoms with van der Waals surface area (Å²) in [6.07, 6.45) is 3.65. The highest BCUT2D eigenvalue weighted by Gasteiger charge is 2.08. The number of hydrogen-bond acceptors (Lipinski definition) is 5. The fourth-order valence-electron chi connectivity index (χ4n) is 1.23. The Bertz CT molecular complexity index is 512. The molecule has 0 N–H and O–H groups in total. The number of aryl methyl sites for hydroxylation is 1. The average molecular weight is 216 g/mol. The third-order valence-electron chi connectivity index (χ3n) is 1.91. The summed E-state index contributed by atoms with van der Waals surface area (Å²) in [6.45, 7) is 1.89. The van der Waals surface area contributed by atoms with E-state index in [2.05, 4.69) is 21.0 Å². The van der Waals surface area contributed by atoms with E-state index in [9.17, 15) is 0 Å². The molecule has 0 bridgehead atoms. The number of rotatable bonds is 2. The SMILES string of the molecule is Cc1nccnc1-c1csc(CC#N)n1. The molecule has 4 nitrogen and oxygen atoms in total. The molecule has 74 valence electrons. The molecule has 0 aliphatic heterocycles. The van der Waals surface area contributed by atoms with E-state index in [4.69, 9.17) is 5.26 Å². The number of nitriles is 1. The van der Waals surface area contributed by atoms with E-state index in [1.54, 1.807) is 12.4 Å². The second-order valence-electron chi connectivity index (χ2n) is 2.95. The molecule has 0 radical (unpaired) electrons. The van der Waals surface area contributed by atoms with Crippen molar-refractivity contribution in [2.75, 3.05) is 0 Å². The number of hydrogen-bond donors (Lipinski definition) is 0. The summed E-state index contributed by atoms with van der Waals surface area (Å²) >= 11 is 1.48. The van der Waals surface area contributed by atoms with E-state index in [-0.39, 0.29) is 0 Å². The molecule has 0 aliphatic carbocycles. The third-order valence-corrected chi connectivity index (χ3v) is 2.75. The fourth-order valence-corrected chi connectivity index (χ4v) is 1.94. The minimum Gasteiger partial charge on any atom is -0.258 e. The largest absolute Gasteiger partial charge is 0.258 e. The Morgan fingerprint density at radius 3 is 2.93 bits per heavy atom. The van der Waals surface area contributed by atoms with Crippen LogP contribution in [0.25, 0.3) is 11.4 Å². The van der Waals surface area contributed by atoms with Crippen molar-refractivity contribution in [1.29, 1.82) is 5.26 Å². The zero-order valence-electron chi connectivity index (χ0n) is 8.14. The second kappa shape index (κ2) is 4.15. The second-order valence-corrected chi connectivity index (χ2v) is 3.89. The maximum atomic E-state index is 8.54. The van der Waals surface area contributed by atoms with E-state index in [0.717, 1.165) is 22.1 Å². The first-order valence-corrected chi connectivity index (χ1v) is 5.28. The van der Waals surface area contributed by atoms with Crippen LogP contribution in [0.2, 0.25) is 0 Å². The summed E-state index contributed by atoms with van der Waals surface area (Å²) in [5, 5.41) is 11.3. The Morgan fingerprint density at radius 2 is 2.20 bits per heavy atom. The van der Waals surface area contributed by atoms with Crippen LogP contribution >= 0.6 is 11.3 Å². The van der Waals surface area contributed by atoms with E-state index in [1.165, 1.54) is 11.3 Å². The lowest BCUT2D eigenvalue weighted by Gasteiger charge is -1.97. The Morgan fingerprint density at radius 1 is 1.40 bits per heavy atom. The summed E-state index contributed by atoms with van der Waals surface area (Å²) in [6, 6.07) is 2.08. The van der Waals surface area contributed by atoms with E-state index in [1.807, 2.05) is 12.3 Å². The van der Waals surface area contributed by atoms with Gasteiger partial charge in [-0.1, -0.05) is 0 Å². The lowest BCUT2D eigenvalue weighted by molar-refractivity contribution is 1.10. The Balaban J connectivity index is 2.38. The van der Waals surface area contributed by atoms with Crippen LogP contribution in [0, 0.1) is 18.3 Å². The molecule has 0 aliphatic rings. The van der Waals surface area contributed by atoms with Crippen molar-refractivity contribution in [2.45, 2.75) is 13.3 Å². The van der Waals surface area contributed by atoms with Gasteiger partial charge in [0, 0.05) is 17.8 Å². The normalized spacial score (nSPS) is 9.87. The molecular formula is C10H8N4S. The van der Waals surface area contributed by atoms with Gasteiger partial charge in [-0.2, -0.15) is 5.26 Å². The highest BCUT2D eigenvalue weighted by molar-refractivity contribution is 7.10. The molecule has 2 heterocycles. The van der Waals surface area contributed by atoms with Crippen LogP contribution in [-0.2, 0) is 6.42 Å². The lowest BCUT2D eigenvalue weighted by atomic mass is 10.3. The zero-order valence-corrected chi connectivity index (χ0v) is 8.95. The van der Waals surface area contributed by atoms with Crippen LogP contribution in [0.4, 0.5) is 0 Å². The molecule has 0 atom stereocenters. The molecule has 0 amide bonds. The van der Waals surface area contributed by atoms with Crippen molar-refractivity contribution < 1.29 is 0 Å². The third kappa shape index (κ3) is 2.00. The molecule has 0 unspecified atom stereocenters. The number of aromatic nitrogens is 3. The lowest BCUT2D eigenvalue weighted by Crippen LogP contribution is -1.91. The molecule has 5 heteroatoms. The highest BCUT2D eigenvalue weighted by Crippen LogP contribution is 2.21. The Labute approximate surface area is 91.3 Å². The topological polar surface area (TPSA) is 62.5 Å². The summed E-state index contributed by atoms with van der Waals surface area (Å²) in [7, 11) is 0. The first-order valence-electron chi connectivity index (χ1n) is 4.40. The van der Waals surface area contributed by atoms with Crippen molar-refractivity contribution in [2.24, 2.45) is 0 Å². The van der Waals surface area contributed by atoms with Crippen molar-refractivity contribution in [3.8, 4) is 17.5 Å². The van der Waals surface area contributed by atoms with Gasteiger partial charge in [0.05, 0.1) is 18.2 Å². The van der Waals surface area contributed by atoms with Gasteiger partial charge in [0.1, 0.15) is 16.4 Å². The van der Waals surface area contributed by atoms with Gasteiger partial charge in [-0.15, -0.1) is 11.3 Å². The zero-order chi connectivity index (χ0) is 10.7. The molecule has 2 rings (SSSR count). The standard InChI is InChI=1S/C10H8N4S/c1-7-10(13-5-4-12-7)8-6-15-9(14-8)2-3-11/h4-6H,2H2,1H3. The fraction of sp³-hybridized carbons (Fsp3) is 0.200. The average Bonchev–Trinajstić information content (AvgIpc) is 2.68. The van der Waals surface area contributed by atoms with Crippen LogP contribution in [0.1, 0.15) is 10.7 Å². The highest BCUT2D eigenvalue weighted by atomic mass is 32.1. The smallest absolute Gasteiger partial charge is 0.111 e. The first-order chi connectivity index (χ1) is 7.31. The molecule has 0 spiro atoms. The monoisotopic (exact) mass is 216 g/mol. The van der Waals surface area contributed by atoms with Gasteiger partial charge in [-0.3, -0.25) is 9.97 Å². The van der Waals surface area contributed by atoms with Gasteiger partial charge in [-0.25, -0.2) is 4.98 Å². The molecule has 0 fully saturated rings. The molecule has 0 aromatic carbocycles. The van der Waals surface area contributed by atoms with Crippen molar-refractivity contribution >= 4 is 11.3 Å². The number of thiazole rings is 1. The maximum Gasteiger partial charge on any atom is 0.111 e. The predicted octanol–water partition coefficient (Wildman–Crippen LogP) is 1.97. The van der Waals surface area contributed by atoms with Crippen LogP contribution in [0.3, 0.4) is 0 Å². The van der Waals surface area contributed by atoms with Crippen molar-refractivity contribution in [1.82, 2.24) is 15.0 Å². The van der Waals surface area contributed by atoms with Crippen molar-refractivity contribution in [3.63, 3.8) is 0 Å². The maximum absolute atomic E-state index is 8.54. The first kappa shape index (κ1) is 9.74. The van der Waals surface area contributed by atoms with Gasteiger partial charge < -0.3 is 0 Å². The van der Waals surface area contributed by atoms with Gasteiger partial charge in [0.25, 0.3) is 0 Å². The molecule has 15 heavy (non-hydrogen) atoms. The van der Waals surface area contributed by atoms with Gasteiger partial charge in [0.15, 0.2) is 0 Å². The van der Waals surface area contributed by atoms with Gasteiger partial charge in [0.2, 0.25) is 0 Å². The predicted molar refractivity (Wildman–Crippen MR) is 57.2 cm³/mol. The van der Waals surface area contributed by atoms with E-state index in [0.29, 0.717) is 6.42 Å². The Kier molecular flexibility index (Phi) is 2.70. The van der Waals surface area contributed by atoms with Crippen LogP contribution in [0.5, 0.6) is 0 Å². The van der Waals surface area contributed by atoms with Gasteiger partial charge >= 0.3 is 0 Å². The van der Waals surface area contributed by atoms with E-state index >= 15 is 0 Å². The minimum atomic E-state index is 0.351. The van der Waals surface area contributed by atoms with Crippen LogP contribution in [-0.4, -0.2) is 15.0 Å². The molecular weight excluding hydrogens is 208 g/mol. The molecule has 0 saturated heterocycles. The summed E-state index contributed by atoms with van der Waals surface area (Å²) in [5.74, 6) is 0. The van der Waals surface area contributed by atoms with E-state index < -0.39 is 0 Å². The van der Waals surface area contributed by atoms with Crippen molar-refractivity contribution in [3.05, 3.63) is 28.5 Å². The summed E-state index contributed by atoms with van der Waals surface area (Å²) in [5.41, 5.74) is 2.44. The molecule has 2 aromatic rings. The van der Waals surface area contributed by atoms with Gasteiger partial charge in [-0.05, 0) is 6.92 Å². The molecule has 2 aromatic heterocycles. The Hall–Kier alpha value is -1.80. The summed E-state index contributed by atoms with van der Waals surface area (Å²) in [4.78, 5) is 12.7. The van der Waals surface area contributed by atoms with Crippen LogP contribution < -0.4 is 0 Å². The van der Waals surface area contributed by atoms with Crippen LogP contribution in [0.15, 0.2) is 17.8 Å². The number of nitrogens with zero attached hydrogens (tertiary/aromatic N) is 4. The molecule has 0 saturated carbocycles.